The Balaban J connectivity index is 2.40. The summed E-state index contributed by atoms with van der Waals surface area (Å²) in [6.45, 7) is 2.92. The van der Waals surface area contributed by atoms with Crippen LogP contribution in [0.1, 0.15) is 25.5 Å². The maximum absolute atomic E-state index is 5.40. The third-order valence-electron chi connectivity index (χ3n) is 2.23. The minimum Gasteiger partial charge on any atom is -0.298 e. The monoisotopic (exact) mass is 191 g/mol. The van der Waals surface area contributed by atoms with Crippen molar-refractivity contribution in [3.05, 3.63) is 18.0 Å². The molecule has 0 aliphatic heterocycles. The maximum Gasteiger partial charge on any atom is 0.0689 e. The van der Waals surface area contributed by atoms with Gasteiger partial charge in [-0.3, -0.25) is 10.00 Å². The van der Waals surface area contributed by atoms with Crippen LogP contribution in [0.25, 0.3) is 0 Å². The van der Waals surface area contributed by atoms with Crippen molar-refractivity contribution >= 4 is 0 Å². The summed E-state index contributed by atoms with van der Waals surface area (Å²) in [6, 6.07) is 2.17. The lowest BCUT2D eigenvalue weighted by Crippen LogP contribution is -2.27. The highest BCUT2D eigenvalue weighted by Crippen LogP contribution is 1.99. The van der Waals surface area contributed by atoms with Gasteiger partial charge >= 0.3 is 0 Å². The van der Waals surface area contributed by atoms with Crippen molar-refractivity contribution in [2.75, 3.05) is 0 Å². The van der Waals surface area contributed by atoms with E-state index in [4.69, 9.17) is 6.42 Å². The second-order valence-electron chi connectivity index (χ2n) is 3.33. The molecule has 0 saturated heterocycles. The lowest BCUT2D eigenvalue weighted by Gasteiger charge is -2.11. The van der Waals surface area contributed by atoms with E-state index in [-0.39, 0.29) is 6.04 Å². The van der Waals surface area contributed by atoms with Crippen molar-refractivity contribution in [3.8, 4) is 12.3 Å². The van der Waals surface area contributed by atoms with E-state index in [1.165, 1.54) is 0 Å². The highest BCUT2D eigenvalue weighted by molar-refractivity contribution is 5.03. The van der Waals surface area contributed by atoms with Crippen LogP contribution < -0.4 is 5.32 Å². The molecule has 1 aromatic rings. The molecule has 0 aromatic carbocycles. The molecule has 1 unspecified atom stereocenters. The fraction of sp³-hybridized carbons (Fsp3) is 0.545. The molecular weight excluding hydrogens is 174 g/mol. The van der Waals surface area contributed by atoms with E-state index in [0.717, 1.165) is 25.1 Å². The molecule has 1 N–H and O–H groups in total. The van der Waals surface area contributed by atoms with Crippen molar-refractivity contribution in [3.63, 3.8) is 0 Å². The molecule has 1 atom stereocenters. The van der Waals surface area contributed by atoms with Gasteiger partial charge in [0.05, 0.1) is 11.7 Å². The number of rotatable bonds is 5. The van der Waals surface area contributed by atoms with Gasteiger partial charge < -0.3 is 0 Å². The van der Waals surface area contributed by atoms with Crippen LogP contribution in [-0.2, 0) is 13.6 Å². The quantitative estimate of drug-likeness (QED) is 0.711. The second-order valence-corrected chi connectivity index (χ2v) is 3.33. The third-order valence-corrected chi connectivity index (χ3v) is 2.23. The molecule has 1 rings (SSSR count). The zero-order valence-electron chi connectivity index (χ0n) is 8.83. The lowest BCUT2D eigenvalue weighted by molar-refractivity contribution is 0.542. The number of terminal acetylenes is 1. The van der Waals surface area contributed by atoms with Gasteiger partial charge in [-0.15, -0.1) is 6.42 Å². The highest BCUT2D eigenvalue weighted by atomic mass is 15.3. The van der Waals surface area contributed by atoms with Crippen LogP contribution in [0.3, 0.4) is 0 Å². The van der Waals surface area contributed by atoms with Gasteiger partial charge in [-0.05, 0) is 12.5 Å². The summed E-state index contributed by atoms with van der Waals surface area (Å²) in [5.74, 6) is 2.74. The normalized spacial score (nSPS) is 12.4. The first-order valence-electron chi connectivity index (χ1n) is 4.94. The second kappa shape index (κ2) is 5.46. The molecule has 0 amide bonds. The van der Waals surface area contributed by atoms with Crippen molar-refractivity contribution in [1.82, 2.24) is 15.1 Å². The topological polar surface area (TPSA) is 29.9 Å². The van der Waals surface area contributed by atoms with Gasteiger partial charge in [0.1, 0.15) is 0 Å². The highest BCUT2D eigenvalue weighted by Gasteiger charge is 2.04. The Morgan fingerprint density at radius 2 is 2.50 bits per heavy atom. The molecule has 0 aliphatic rings. The molecule has 3 heteroatoms. The van der Waals surface area contributed by atoms with Gasteiger partial charge in [-0.1, -0.05) is 19.3 Å². The molecule has 0 saturated carbocycles. The molecule has 1 aromatic heterocycles. The van der Waals surface area contributed by atoms with E-state index in [0.29, 0.717) is 0 Å². The van der Waals surface area contributed by atoms with E-state index < -0.39 is 0 Å². The Bertz CT molecular complexity index is 309. The Morgan fingerprint density at radius 1 is 1.71 bits per heavy atom. The van der Waals surface area contributed by atoms with Crippen LogP contribution in [0.2, 0.25) is 0 Å². The van der Waals surface area contributed by atoms with Crippen LogP contribution in [-0.4, -0.2) is 15.8 Å². The van der Waals surface area contributed by atoms with Crippen LogP contribution in [0.5, 0.6) is 0 Å². The first-order chi connectivity index (χ1) is 6.77. The number of aromatic nitrogens is 2. The summed E-state index contributed by atoms with van der Waals surface area (Å²) in [5.41, 5.74) is 1.15. The van der Waals surface area contributed by atoms with E-state index in [9.17, 15) is 0 Å². The molecule has 1 heterocycles. The number of nitrogens with one attached hydrogen (secondary N) is 1. The van der Waals surface area contributed by atoms with Crippen molar-refractivity contribution < 1.29 is 0 Å². The molecule has 0 bridgehead atoms. The minimum atomic E-state index is 0.176. The Kier molecular flexibility index (Phi) is 4.21. The van der Waals surface area contributed by atoms with Crippen LogP contribution >= 0.6 is 0 Å². The van der Waals surface area contributed by atoms with E-state index >= 15 is 0 Å². The van der Waals surface area contributed by atoms with Crippen molar-refractivity contribution in [2.45, 2.75) is 32.4 Å². The first-order valence-corrected chi connectivity index (χ1v) is 4.94. The van der Waals surface area contributed by atoms with E-state index in [1.54, 1.807) is 6.20 Å². The fourth-order valence-corrected chi connectivity index (χ4v) is 1.34. The molecule has 0 radical (unpaired) electrons. The summed E-state index contributed by atoms with van der Waals surface area (Å²) >= 11 is 0. The Hall–Kier alpha value is -1.27. The summed E-state index contributed by atoms with van der Waals surface area (Å²) in [6.07, 6.45) is 9.32. The average molecular weight is 191 g/mol. The van der Waals surface area contributed by atoms with E-state index in [2.05, 4.69) is 23.3 Å². The molecule has 0 spiro atoms. The van der Waals surface area contributed by atoms with Gasteiger partial charge in [-0.2, -0.15) is 5.10 Å². The smallest absolute Gasteiger partial charge is 0.0689 e. The summed E-state index contributed by atoms with van der Waals surface area (Å²) in [5, 5.41) is 7.41. The first kappa shape index (κ1) is 10.8. The predicted molar refractivity (Wildman–Crippen MR) is 57.6 cm³/mol. The van der Waals surface area contributed by atoms with Crippen molar-refractivity contribution in [2.24, 2.45) is 7.05 Å². The fourth-order valence-electron chi connectivity index (χ4n) is 1.34. The lowest BCUT2D eigenvalue weighted by atomic mass is 10.2. The van der Waals surface area contributed by atoms with Crippen LogP contribution in [0, 0.1) is 12.3 Å². The number of aryl methyl sites for hydroxylation is 1. The molecule has 14 heavy (non-hydrogen) atoms. The largest absolute Gasteiger partial charge is 0.298 e. The maximum atomic E-state index is 5.40. The molecular formula is C11H17N3. The van der Waals surface area contributed by atoms with Crippen molar-refractivity contribution in [1.29, 1.82) is 0 Å². The van der Waals surface area contributed by atoms with Gasteiger partial charge in [0.2, 0.25) is 0 Å². The molecule has 76 valence electrons. The molecule has 3 nitrogen and oxygen atoms in total. The number of nitrogens with zero attached hydrogens (tertiary/aromatic N) is 2. The van der Waals surface area contributed by atoms with Gasteiger partial charge in [-0.25, -0.2) is 0 Å². The molecule has 0 fully saturated rings. The summed E-state index contributed by atoms with van der Waals surface area (Å²) in [4.78, 5) is 0. The van der Waals surface area contributed by atoms with Gasteiger partial charge in [0.15, 0.2) is 0 Å². The van der Waals surface area contributed by atoms with E-state index in [1.807, 2.05) is 17.8 Å². The number of hydrogen-bond donors (Lipinski definition) is 1. The number of hydrogen-bond acceptors (Lipinski definition) is 2. The zero-order valence-corrected chi connectivity index (χ0v) is 8.83. The average Bonchev–Trinajstić information content (AvgIpc) is 2.59. The third kappa shape index (κ3) is 2.90. The van der Waals surface area contributed by atoms with Crippen LogP contribution in [0.15, 0.2) is 12.3 Å². The summed E-state index contributed by atoms with van der Waals surface area (Å²) in [7, 11) is 1.93. The predicted octanol–water partition coefficient (Wildman–Crippen LogP) is 1.31. The SMILES string of the molecule is C#CC(CCC)NCc1ccnn1C. The molecule has 0 aliphatic carbocycles. The zero-order chi connectivity index (χ0) is 10.4. The Labute approximate surface area is 85.5 Å². The van der Waals surface area contributed by atoms with Crippen LogP contribution in [0.4, 0.5) is 0 Å². The standard InChI is InChI=1S/C11H17N3/c1-4-6-10(5-2)12-9-11-7-8-13-14(11)3/h2,7-8,10,12H,4,6,9H2,1,3H3. The van der Waals surface area contributed by atoms with Gasteiger partial charge in [0.25, 0.3) is 0 Å². The minimum absolute atomic E-state index is 0.176. The Morgan fingerprint density at radius 3 is 3.00 bits per heavy atom. The summed E-state index contributed by atoms with van der Waals surface area (Å²) < 4.78 is 1.85. The van der Waals surface area contributed by atoms with Gasteiger partial charge in [0, 0.05) is 19.8 Å².